The summed E-state index contributed by atoms with van der Waals surface area (Å²) in [5.74, 6) is 0.887. The highest BCUT2D eigenvalue weighted by molar-refractivity contribution is 7.99. The fourth-order valence-corrected chi connectivity index (χ4v) is 3.28. The van der Waals surface area contributed by atoms with Crippen LogP contribution in [-0.2, 0) is 21.9 Å². The topological polar surface area (TPSA) is 41.6 Å². The van der Waals surface area contributed by atoms with Gasteiger partial charge in [0.15, 0.2) is 0 Å². The van der Waals surface area contributed by atoms with Crippen LogP contribution in [0.15, 0.2) is 42.5 Å². The standard InChI is InChI=1S/C20H26N2O2S/c1-4-11-22(15-23)20-10-9-19(12-18(20)13-24-3)21-25-14-17-7-5-16(2)6-8-17/h5-10,12,15,21H,4,11,13-14H2,1-3H3. The minimum atomic E-state index is 0.474. The Morgan fingerprint density at radius 2 is 1.96 bits per heavy atom. The van der Waals surface area contributed by atoms with Crippen LogP contribution in [0.25, 0.3) is 0 Å². The van der Waals surface area contributed by atoms with Crippen molar-refractivity contribution in [1.82, 2.24) is 0 Å². The monoisotopic (exact) mass is 358 g/mol. The Kier molecular flexibility index (Phi) is 7.82. The SMILES string of the molecule is CCCN(C=O)c1ccc(NSCc2ccc(C)cc2)cc1COC. The lowest BCUT2D eigenvalue weighted by Crippen LogP contribution is -2.23. The van der Waals surface area contributed by atoms with Crippen molar-refractivity contribution in [3.8, 4) is 0 Å². The lowest BCUT2D eigenvalue weighted by atomic mass is 10.1. The summed E-state index contributed by atoms with van der Waals surface area (Å²) < 4.78 is 8.68. The highest BCUT2D eigenvalue weighted by atomic mass is 32.2. The molecule has 25 heavy (non-hydrogen) atoms. The van der Waals surface area contributed by atoms with E-state index in [1.54, 1.807) is 24.0 Å². The van der Waals surface area contributed by atoms with Crippen LogP contribution in [0.1, 0.15) is 30.0 Å². The van der Waals surface area contributed by atoms with E-state index in [4.69, 9.17) is 4.74 Å². The number of hydrogen-bond acceptors (Lipinski definition) is 4. The van der Waals surface area contributed by atoms with Gasteiger partial charge in [-0.1, -0.05) is 36.8 Å². The number of nitrogens with zero attached hydrogens (tertiary/aromatic N) is 1. The normalized spacial score (nSPS) is 10.5. The fourth-order valence-electron chi connectivity index (χ4n) is 2.56. The number of anilines is 2. The molecule has 0 aliphatic carbocycles. The molecule has 0 saturated carbocycles. The second-order valence-electron chi connectivity index (χ2n) is 5.95. The lowest BCUT2D eigenvalue weighted by molar-refractivity contribution is -0.107. The highest BCUT2D eigenvalue weighted by Gasteiger charge is 2.11. The molecule has 0 unspecified atom stereocenters. The van der Waals surface area contributed by atoms with Crippen molar-refractivity contribution in [2.45, 2.75) is 32.6 Å². The molecule has 0 heterocycles. The van der Waals surface area contributed by atoms with Crippen LogP contribution in [0.2, 0.25) is 0 Å². The molecule has 0 saturated heterocycles. The van der Waals surface area contributed by atoms with E-state index in [9.17, 15) is 4.79 Å². The van der Waals surface area contributed by atoms with Gasteiger partial charge in [-0.3, -0.25) is 4.79 Å². The number of methoxy groups -OCH3 is 1. The van der Waals surface area contributed by atoms with Crippen LogP contribution >= 0.6 is 11.9 Å². The predicted octanol–water partition coefficient (Wildman–Crippen LogP) is 4.77. The maximum Gasteiger partial charge on any atom is 0.214 e. The summed E-state index contributed by atoms with van der Waals surface area (Å²) in [7, 11) is 1.67. The van der Waals surface area contributed by atoms with Gasteiger partial charge < -0.3 is 14.4 Å². The maximum atomic E-state index is 11.4. The van der Waals surface area contributed by atoms with E-state index in [1.165, 1.54) is 11.1 Å². The second-order valence-corrected chi connectivity index (χ2v) is 6.73. The number of nitrogens with one attached hydrogen (secondary N) is 1. The Morgan fingerprint density at radius 3 is 2.60 bits per heavy atom. The molecule has 2 aromatic carbocycles. The van der Waals surface area contributed by atoms with Crippen molar-refractivity contribution >= 4 is 29.7 Å². The first kappa shape index (κ1) is 19.3. The van der Waals surface area contributed by atoms with Crippen molar-refractivity contribution in [2.24, 2.45) is 0 Å². The van der Waals surface area contributed by atoms with Gasteiger partial charge in [0, 0.05) is 36.3 Å². The zero-order valence-electron chi connectivity index (χ0n) is 15.1. The van der Waals surface area contributed by atoms with Crippen LogP contribution in [-0.4, -0.2) is 20.1 Å². The second kappa shape index (κ2) is 10.1. The molecule has 5 heteroatoms. The summed E-state index contributed by atoms with van der Waals surface area (Å²) in [6, 6.07) is 14.6. The van der Waals surface area contributed by atoms with Crippen molar-refractivity contribution in [1.29, 1.82) is 0 Å². The number of aryl methyl sites for hydroxylation is 1. The van der Waals surface area contributed by atoms with Gasteiger partial charge in [0.05, 0.1) is 6.61 Å². The summed E-state index contributed by atoms with van der Waals surface area (Å²) in [5.41, 5.74) is 5.48. The molecule has 4 nitrogen and oxygen atoms in total. The number of benzene rings is 2. The molecular formula is C20H26N2O2S. The minimum absolute atomic E-state index is 0.474. The van der Waals surface area contributed by atoms with E-state index < -0.39 is 0 Å². The summed E-state index contributed by atoms with van der Waals surface area (Å²) in [6.07, 6.45) is 1.80. The van der Waals surface area contributed by atoms with Gasteiger partial charge in [-0.15, -0.1) is 0 Å². The number of carbonyl (C=O) groups is 1. The Labute approximate surface area is 154 Å². The van der Waals surface area contributed by atoms with E-state index in [2.05, 4.69) is 42.8 Å². The third-order valence-corrected chi connectivity index (χ3v) is 4.69. The average Bonchev–Trinajstić information content (AvgIpc) is 2.62. The van der Waals surface area contributed by atoms with E-state index >= 15 is 0 Å². The lowest BCUT2D eigenvalue weighted by Gasteiger charge is -2.21. The molecular weight excluding hydrogens is 332 g/mol. The van der Waals surface area contributed by atoms with Crippen molar-refractivity contribution < 1.29 is 9.53 Å². The van der Waals surface area contributed by atoms with E-state index in [-0.39, 0.29) is 0 Å². The van der Waals surface area contributed by atoms with Gasteiger partial charge in [-0.2, -0.15) is 0 Å². The maximum absolute atomic E-state index is 11.4. The first-order valence-electron chi connectivity index (χ1n) is 8.45. The molecule has 134 valence electrons. The zero-order chi connectivity index (χ0) is 18.1. The summed E-state index contributed by atoms with van der Waals surface area (Å²) in [4.78, 5) is 13.1. The summed E-state index contributed by atoms with van der Waals surface area (Å²) >= 11 is 1.65. The third kappa shape index (κ3) is 5.80. The van der Waals surface area contributed by atoms with Crippen LogP contribution in [0.5, 0.6) is 0 Å². The number of amides is 1. The molecule has 0 aliphatic rings. The molecule has 1 N–H and O–H groups in total. The van der Waals surface area contributed by atoms with Crippen LogP contribution < -0.4 is 9.62 Å². The van der Waals surface area contributed by atoms with E-state index in [1.807, 2.05) is 18.2 Å². The number of rotatable bonds is 10. The number of hydrogen-bond donors (Lipinski definition) is 1. The van der Waals surface area contributed by atoms with Crippen LogP contribution in [0.4, 0.5) is 11.4 Å². The molecule has 0 aliphatic heterocycles. The predicted molar refractivity (Wildman–Crippen MR) is 107 cm³/mol. The largest absolute Gasteiger partial charge is 0.380 e. The van der Waals surface area contributed by atoms with Gasteiger partial charge in [0.25, 0.3) is 0 Å². The molecule has 2 aromatic rings. The van der Waals surface area contributed by atoms with Crippen molar-refractivity contribution in [3.05, 3.63) is 59.2 Å². The molecule has 0 aromatic heterocycles. The molecule has 1 amide bonds. The van der Waals surface area contributed by atoms with Gasteiger partial charge in [0.1, 0.15) is 0 Å². The van der Waals surface area contributed by atoms with Gasteiger partial charge >= 0.3 is 0 Å². The molecule has 0 spiro atoms. The molecule has 0 bridgehead atoms. The van der Waals surface area contributed by atoms with Crippen LogP contribution in [0, 0.1) is 6.92 Å². The minimum Gasteiger partial charge on any atom is -0.380 e. The molecule has 0 radical (unpaired) electrons. The smallest absolute Gasteiger partial charge is 0.214 e. The van der Waals surface area contributed by atoms with Gasteiger partial charge in [-0.05, 0) is 49.1 Å². The highest BCUT2D eigenvalue weighted by Crippen LogP contribution is 2.26. The van der Waals surface area contributed by atoms with Crippen LogP contribution in [0.3, 0.4) is 0 Å². The van der Waals surface area contributed by atoms with E-state index in [0.717, 1.165) is 35.5 Å². The third-order valence-electron chi connectivity index (χ3n) is 3.83. The quantitative estimate of drug-likeness (QED) is 0.490. The van der Waals surface area contributed by atoms with E-state index in [0.29, 0.717) is 13.2 Å². The molecule has 2 rings (SSSR count). The molecule has 0 atom stereocenters. The average molecular weight is 359 g/mol. The summed E-state index contributed by atoms with van der Waals surface area (Å²) in [6.45, 7) is 5.33. The Balaban J connectivity index is 2.04. The number of carbonyl (C=O) groups excluding carboxylic acids is 1. The van der Waals surface area contributed by atoms with Gasteiger partial charge in [-0.25, -0.2) is 0 Å². The Bertz CT molecular complexity index is 674. The molecule has 0 fully saturated rings. The first-order valence-corrected chi connectivity index (χ1v) is 9.43. The van der Waals surface area contributed by atoms with Gasteiger partial charge in [0.2, 0.25) is 6.41 Å². The Hall–Kier alpha value is -1.98. The Morgan fingerprint density at radius 1 is 1.20 bits per heavy atom. The zero-order valence-corrected chi connectivity index (χ0v) is 15.9. The van der Waals surface area contributed by atoms with Crippen molar-refractivity contribution in [3.63, 3.8) is 0 Å². The number of ether oxygens (including phenoxy) is 1. The fraction of sp³-hybridized carbons (Fsp3) is 0.350. The first-order chi connectivity index (χ1) is 12.2. The summed E-state index contributed by atoms with van der Waals surface area (Å²) in [5, 5.41) is 0. The van der Waals surface area contributed by atoms with Crippen molar-refractivity contribution in [2.75, 3.05) is 23.3 Å².